The molecule has 0 fully saturated rings. The highest BCUT2D eigenvalue weighted by molar-refractivity contribution is 6.30. The minimum Gasteiger partial charge on any atom is -0.309 e. The lowest BCUT2D eigenvalue weighted by molar-refractivity contribution is 1.12. The van der Waals surface area contributed by atoms with Gasteiger partial charge in [-0.3, -0.25) is 4.98 Å². The maximum absolute atomic E-state index is 5.02. The van der Waals surface area contributed by atoms with Crippen molar-refractivity contribution < 1.29 is 0 Å². The van der Waals surface area contributed by atoms with Crippen LogP contribution >= 0.6 is 0 Å². The predicted molar refractivity (Wildman–Crippen MR) is 226 cm³/mol. The van der Waals surface area contributed by atoms with Crippen LogP contribution in [0.3, 0.4) is 0 Å². The fraction of sp³-hybridized carbons (Fsp3) is 0.0800. The fourth-order valence-corrected chi connectivity index (χ4v) is 8.63. The van der Waals surface area contributed by atoms with E-state index in [9.17, 15) is 0 Å². The Morgan fingerprint density at radius 2 is 1.07 bits per heavy atom. The molecule has 4 heterocycles. The van der Waals surface area contributed by atoms with E-state index in [1.54, 1.807) is 0 Å². The lowest BCUT2D eigenvalue weighted by Crippen LogP contribution is -2.02. The zero-order chi connectivity index (χ0) is 36.2. The van der Waals surface area contributed by atoms with Crippen LogP contribution in [0.1, 0.15) is 25.0 Å². The molecule has 4 nitrogen and oxygen atoms in total. The highest BCUT2D eigenvalue weighted by Gasteiger charge is 2.28. The van der Waals surface area contributed by atoms with Gasteiger partial charge >= 0.3 is 0 Å². The zero-order valence-corrected chi connectivity index (χ0v) is 30.4. The molecule has 258 valence electrons. The number of rotatable bonds is 7. The molecule has 10 aromatic rings. The Morgan fingerprint density at radius 3 is 1.80 bits per heavy atom. The zero-order valence-electron chi connectivity index (χ0n) is 30.4. The Labute approximate surface area is 314 Å². The minimum absolute atomic E-state index is 0.865. The Bertz CT molecular complexity index is 2990. The molecule has 4 heteroatoms. The summed E-state index contributed by atoms with van der Waals surface area (Å²) in [6, 6.07) is 58.8. The molecule has 0 atom stereocenters. The average Bonchev–Trinajstić information content (AvgIpc) is 3.77. The molecule has 0 saturated heterocycles. The van der Waals surface area contributed by atoms with Crippen molar-refractivity contribution in [2.24, 2.45) is 0 Å². The summed E-state index contributed by atoms with van der Waals surface area (Å²) < 4.78 is 5.02. The summed E-state index contributed by atoms with van der Waals surface area (Å²) in [5.41, 5.74) is 16.2. The van der Waals surface area contributed by atoms with Gasteiger partial charge in [0.05, 0.1) is 39.1 Å². The summed E-state index contributed by atoms with van der Waals surface area (Å²) in [7, 11) is 0. The van der Waals surface area contributed by atoms with E-state index >= 15 is 0 Å². The number of aromatic nitrogens is 4. The number of para-hydroxylation sites is 3. The maximum atomic E-state index is 5.02. The maximum Gasteiger partial charge on any atom is 0.0893 e. The van der Waals surface area contributed by atoms with Crippen LogP contribution in [0.4, 0.5) is 0 Å². The van der Waals surface area contributed by atoms with E-state index in [2.05, 4.69) is 167 Å². The molecule has 10 rings (SSSR count). The molecule has 4 aromatic heterocycles. The van der Waals surface area contributed by atoms with Crippen molar-refractivity contribution in [1.82, 2.24) is 19.1 Å². The summed E-state index contributed by atoms with van der Waals surface area (Å²) >= 11 is 0. The van der Waals surface area contributed by atoms with Gasteiger partial charge in [-0.15, -0.1) is 0 Å². The standard InChI is InChI=1S/C50H38N4/c1-3-33-17-8-9-20-38(33)46-37(4-2)47-39-21-10-12-26-44(39)53(35-18-6-5-7-19-35)50(47)48-40-22-11-13-27-45(40)54(49(46)48)36-30-28-34(29-31-36)41-24-16-25-43(52-41)42-23-14-15-32-51-42/h5-32H,3-4H2,1-2H3. The van der Waals surface area contributed by atoms with Crippen molar-refractivity contribution >= 4 is 43.6 Å². The van der Waals surface area contributed by atoms with E-state index in [1.165, 1.54) is 65.9 Å². The quantitative estimate of drug-likeness (QED) is 0.166. The molecule has 54 heavy (non-hydrogen) atoms. The predicted octanol–water partition coefficient (Wildman–Crippen LogP) is 12.8. The van der Waals surface area contributed by atoms with Crippen LogP contribution in [0.15, 0.2) is 170 Å². The lowest BCUT2D eigenvalue weighted by atomic mass is 9.88. The Kier molecular flexibility index (Phi) is 7.69. The third kappa shape index (κ3) is 4.91. The average molecular weight is 695 g/mol. The summed E-state index contributed by atoms with van der Waals surface area (Å²) in [6.45, 7) is 4.59. The Morgan fingerprint density at radius 1 is 0.463 bits per heavy atom. The van der Waals surface area contributed by atoms with Crippen LogP contribution in [0.2, 0.25) is 0 Å². The summed E-state index contributed by atoms with van der Waals surface area (Å²) in [4.78, 5) is 9.56. The van der Waals surface area contributed by atoms with E-state index in [1.807, 2.05) is 30.5 Å². The van der Waals surface area contributed by atoms with Crippen LogP contribution in [0.25, 0.3) is 88.8 Å². The molecule has 6 aromatic carbocycles. The molecule has 0 unspecified atom stereocenters. The molecule has 0 N–H and O–H groups in total. The van der Waals surface area contributed by atoms with Crippen molar-refractivity contribution in [1.29, 1.82) is 0 Å². The molecular weight excluding hydrogens is 657 g/mol. The molecule has 0 aliphatic heterocycles. The van der Waals surface area contributed by atoms with Crippen molar-refractivity contribution in [3.05, 3.63) is 181 Å². The van der Waals surface area contributed by atoms with Gasteiger partial charge in [0.25, 0.3) is 0 Å². The van der Waals surface area contributed by atoms with Gasteiger partial charge in [0.15, 0.2) is 0 Å². The van der Waals surface area contributed by atoms with E-state index in [0.29, 0.717) is 0 Å². The third-order valence-corrected chi connectivity index (χ3v) is 11.0. The molecule has 0 saturated carbocycles. The first-order valence-corrected chi connectivity index (χ1v) is 18.9. The number of fused-ring (bicyclic) bond motifs is 7. The van der Waals surface area contributed by atoms with Crippen molar-refractivity contribution in [3.63, 3.8) is 0 Å². The monoisotopic (exact) mass is 694 g/mol. The first-order chi connectivity index (χ1) is 26.7. The van der Waals surface area contributed by atoms with Crippen LogP contribution in [-0.2, 0) is 12.8 Å². The first-order valence-electron chi connectivity index (χ1n) is 18.9. The second kappa shape index (κ2) is 13.0. The summed E-state index contributed by atoms with van der Waals surface area (Å²) in [5, 5.41) is 5.13. The topological polar surface area (TPSA) is 35.6 Å². The largest absolute Gasteiger partial charge is 0.309 e. The van der Waals surface area contributed by atoms with Crippen molar-refractivity contribution in [2.45, 2.75) is 26.7 Å². The van der Waals surface area contributed by atoms with Gasteiger partial charge in [-0.05, 0) is 90.2 Å². The molecule has 0 aliphatic carbocycles. The smallest absolute Gasteiger partial charge is 0.0893 e. The van der Waals surface area contributed by atoms with Gasteiger partial charge in [0, 0.05) is 50.2 Å². The number of nitrogens with zero attached hydrogens (tertiary/aromatic N) is 4. The number of pyridine rings is 2. The number of hydrogen-bond donors (Lipinski definition) is 0. The number of aryl methyl sites for hydroxylation is 2. The number of hydrogen-bond acceptors (Lipinski definition) is 2. The first kappa shape index (κ1) is 31.9. The SMILES string of the molecule is CCc1ccccc1-c1c(CC)c2c3ccccc3n(-c3ccccc3)c2c2c3ccccc3n(-c3ccc(-c4cccc(-c5ccccn5)n4)cc3)c12. The van der Waals surface area contributed by atoms with E-state index in [-0.39, 0.29) is 0 Å². The molecule has 0 aliphatic rings. The molecule has 0 radical (unpaired) electrons. The van der Waals surface area contributed by atoms with Gasteiger partial charge in [-0.25, -0.2) is 4.98 Å². The Hall–Kier alpha value is -6.78. The second-order valence-electron chi connectivity index (χ2n) is 13.9. The van der Waals surface area contributed by atoms with Crippen LogP contribution < -0.4 is 0 Å². The summed E-state index contributed by atoms with van der Waals surface area (Å²) in [6.07, 6.45) is 3.65. The second-order valence-corrected chi connectivity index (χ2v) is 13.9. The molecule has 0 bridgehead atoms. The van der Waals surface area contributed by atoms with Gasteiger partial charge in [0.2, 0.25) is 0 Å². The highest BCUT2D eigenvalue weighted by Crippen LogP contribution is 2.49. The van der Waals surface area contributed by atoms with Crippen LogP contribution in [0, 0.1) is 0 Å². The Balaban J connectivity index is 1.33. The van der Waals surface area contributed by atoms with Gasteiger partial charge in [-0.2, -0.15) is 0 Å². The van der Waals surface area contributed by atoms with Gasteiger partial charge < -0.3 is 9.13 Å². The molecular formula is C50H38N4. The molecule has 0 amide bonds. The van der Waals surface area contributed by atoms with Gasteiger partial charge in [-0.1, -0.05) is 117 Å². The van der Waals surface area contributed by atoms with Crippen LogP contribution in [0.5, 0.6) is 0 Å². The number of benzene rings is 6. The van der Waals surface area contributed by atoms with E-state index < -0.39 is 0 Å². The fourth-order valence-electron chi connectivity index (χ4n) is 8.63. The van der Waals surface area contributed by atoms with E-state index in [0.717, 1.165) is 46.9 Å². The lowest BCUT2D eigenvalue weighted by Gasteiger charge is -2.20. The third-order valence-electron chi connectivity index (χ3n) is 11.0. The van der Waals surface area contributed by atoms with Gasteiger partial charge in [0.1, 0.15) is 0 Å². The summed E-state index contributed by atoms with van der Waals surface area (Å²) in [5.74, 6) is 0. The molecule has 0 spiro atoms. The normalized spacial score (nSPS) is 11.7. The van der Waals surface area contributed by atoms with Crippen molar-refractivity contribution in [2.75, 3.05) is 0 Å². The highest BCUT2D eigenvalue weighted by atomic mass is 15.0. The minimum atomic E-state index is 0.865. The van der Waals surface area contributed by atoms with Crippen molar-refractivity contribution in [3.8, 4) is 45.1 Å². The van der Waals surface area contributed by atoms with E-state index in [4.69, 9.17) is 4.98 Å². The van der Waals surface area contributed by atoms with Crippen LogP contribution in [-0.4, -0.2) is 19.1 Å².